The molecule has 0 aliphatic rings. The van der Waals surface area contributed by atoms with Crippen LogP contribution in [0.5, 0.6) is 0 Å². The Labute approximate surface area is 102 Å². The monoisotopic (exact) mass is 229 g/mol. The number of aryl methyl sites for hydroxylation is 4. The van der Waals surface area contributed by atoms with Gasteiger partial charge in [0, 0.05) is 12.7 Å². The van der Waals surface area contributed by atoms with Crippen LogP contribution in [0.25, 0.3) is 0 Å². The third-order valence-electron chi connectivity index (χ3n) is 2.88. The lowest BCUT2D eigenvalue weighted by molar-refractivity contribution is 0.541. The van der Waals surface area contributed by atoms with Crippen LogP contribution < -0.4 is 0 Å². The van der Waals surface area contributed by atoms with E-state index < -0.39 is 0 Å². The van der Waals surface area contributed by atoms with Crippen LogP contribution in [-0.4, -0.2) is 15.0 Å². The molecule has 0 N–H and O–H groups in total. The Kier molecular flexibility index (Phi) is 3.91. The Morgan fingerprint density at radius 1 is 1.06 bits per heavy atom. The normalized spacial score (nSPS) is 10.7. The molecule has 17 heavy (non-hydrogen) atoms. The molecule has 3 nitrogen and oxygen atoms in total. The van der Waals surface area contributed by atoms with Crippen molar-refractivity contribution in [2.75, 3.05) is 0 Å². The predicted molar refractivity (Wildman–Crippen MR) is 68.9 cm³/mol. The third-order valence-corrected chi connectivity index (χ3v) is 2.88. The van der Waals surface area contributed by atoms with E-state index in [0.29, 0.717) is 0 Å². The molecule has 0 bridgehead atoms. The minimum Gasteiger partial charge on any atom is -0.252 e. The summed E-state index contributed by atoms with van der Waals surface area (Å²) in [7, 11) is 0. The van der Waals surface area contributed by atoms with Crippen molar-refractivity contribution >= 4 is 0 Å². The molecule has 3 heteroatoms. The van der Waals surface area contributed by atoms with Crippen LogP contribution in [0.1, 0.15) is 29.7 Å². The van der Waals surface area contributed by atoms with E-state index in [1.165, 1.54) is 17.5 Å². The highest BCUT2D eigenvalue weighted by atomic mass is 15.4. The standard InChI is InChI=1S/C14H19N3/c1-12-6-8-14(9-7-12)5-3-4-10-17-11-13(2)15-16-17/h6-9,11H,3-5,10H2,1-2H3. The van der Waals surface area contributed by atoms with Crippen LogP contribution in [0.3, 0.4) is 0 Å². The van der Waals surface area contributed by atoms with E-state index in [2.05, 4.69) is 41.5 Å². The first-order chi connectivity index (χ1) is 8.24. The van der Waals surface area contributed by atoms with Gasteiger partial charge in [0.15, 0.2) is 0 Å². The van der Waals surface area contributed by atoms with Crippen molar-refractivity contribution in [2.45, 2.75) is 39.7 Å². The number of unbranched alkanes of at least 4 members (excludes halogenated alkanes) is 1. The summed E-state index contributed by atoms with van der Waals surface area (Å²) in [6, 6.07) is 8.79. The fourth-order valence-electron chi connectivity index (χ4n) is 1.86. The Hall–Kier alpha value is -1.64. The van der Waals surface area contributed by atoms with Crippen LogP contribution in [0.2, 0.25) is 0 Å². The molecule has 0 saturated carbocycles. The maximum absolute atomic E-state index is 4.04. The van der Waals surface area contributed by atoms with E-state index in [0.717, 1.165) is 25.1 Å². The zero-order valence-electron chi connectivity index (χ0n) is 10.6. The second kappa shape index (κ2) is 5.62. The zero-order chi connectivity index (χ0) is 12.1. The van der Waals surface area contributed by atoms with Gasteiger partial charge in [0.05, 0.1) is 5.69 Å². The van der Waals surface area contributed by atoms with E-state index in [-0.39, 0.29) is 0 Å². The number of aromatic nitrogens is 3. The lowest BCUT2D eigenvalue weighted by atomic mass is 10.1. The minimum atomic E-state index is 0.965. The zero-order valence-corrected chi connectivity index (χ0v) is 10.6. The molecular weight excluding hydrogens is 210 g/mol. The molecule has 2 aromatic rings. The van der Waals surface area contributed by atoms with E-state index in [9.17, 15) is 0 Å². The number of nitrogens with zero attached hydrogens (tertiary/aromatic N) is 3. The summed E-state index contributed by atoms with van der Waals surface area (Å²) in [5.41, 5.74) is 3.74. The van der Waals surface area contributed by atoms with Gasteiger partial charge in [-0.05, 0) is 38.7 Å². The highest BCUT2D eigenvalue weighted by Crippen LogP contribution is 2.07. The van der Waals surface area contributed by atoms with Gasteiger partial charge in [-0.15, -0.1) is 5.10 Å². The van der Waals surface area contributed by atoms with Crippen LogP contribution in [0, 0.1) is 13.8 Å². The molecule has 0 unspecified atom stereocenters. The first-order valence-corrected chi connectivity index (χ1v) is 6.16. The molecule has 0 fully saturated rings. The van der Waals surface area contributed by atoms with Crippen molar-refractivity contribution in [3.63, 3.8) is 0 Å². The lowest BCUT2D eigenvalue weighted by Gasteiger charge is -2.02. The summed E-state index contributed by atoms with van der Waals surface area (Å²) in [6.07, 6.45) is 5.48. The van der Waals surface area contributed by atoms with Gasteiger partial charge in [-0.3, -0.25) is 4.68 Å². The van der Waals surface area contributed by atoms with Crippen molar-refractivity contribution in [1.29, 1.82) is 0 Å². The Morgan fingerprint density at radius 3 is 2.47 bits per heavy atom. The van der Waals surface area contributed by atoms with E-state index in [4.69, 9.17) is 0 Å². The predicted octanol–water partition coefficient (Wildman–Crippen LogP) is 2.92. The topological polar surface area (TPSA) is 30.7 Å². The van der Waals surface area contributed by atoms with Crippen LogP contribution in [0.4, 0.5) is 0 Å². The van der Waals surface area contributed by atoms with Gasteiger partial charge in [0.1, 0.15) is 0 Å². The van der Waals surface area contributed by atoms with Gasteiger partial charge >= 0.3 is 0 Å². The Morgan fingerprint density at radius 2 is 1.82 bits per heavy atom. The van der Waals surface area contributed by atoms with Crippen LogP contribution >= 0.6 is 0 Å². The fourth-order valence-corrected chi connectivity index (χ4v) is 1.86. The highest BCUT2D eigenvalue weighted by Gasteiger charge is 1.97. The average Bonchev–Trinajstić information content (AvgIpc) is 2.73. The molecule has 2 rings (SSSR count). The molecule has 1 aromatic carbocycles. The van der Waals surface area contributed by atoms with Crippen molar-refractivity contribution in [1.82, 2.24) is 15.0 Å². The summed E-state index contributed by atoms with van der Waals surface area (Å²) >= 11 is 0. The summed E-state index contributed by atoms with van der Waals surface area (Å²) in [4.78, 5) is 0. The smallest absolute Gasteiger partial charge is 0.0796 e. The lowest BCUT2D eigenvalue weighted by Crippen LogP contribution is -1.99. The quantitative estimate of drug-likeness (QED) is 0.738. The number of rotatable bonds is 5. The number of hydrogen-bond acceptors (Lipinski definition) is 2. The first-order valence-electron chi connectivity index (χ1n) is 6.16. The van der Waals surface area contributed by atoms with Crippen molar-refractivity contribution in [3.8, 4) is 0 Å². The number of hydrogen-bond donors (Lipinski definition) is 0. The molecule has 1 aromatic heterocycles. The average molecular weight is 229 g/mol. The molecular formula is C14H19N3. The summed E-state index contributed by atoms with van der Waals surface area (Å²) in [5.74, 6) is 0. The summed E-state index contributed by atoms with van der Waals surface area (Å²) in [5, 5.41) is 8.01. The van der Waals surface area contributed by atoms with E-state index in [1.807, 2.05) is 17.8 Å². The molecule has 90 valence electrons. The number of benzene rings is 1. The largest absolute Gasteiger partial charge is 0.252 e. The van der Waals surface area contributed by atoms with Crippen molar-refractivity contribution < 1.29 is 0 Å². The first kappa shape index (κ1) is 11.8. The molecule has 0 radical (unpaired) electrons. The summed E-state index contributed by atoms with van der Waals surface area (Å²) in [6.45, 7) is 5.05. The summed E-state index contributed by atoms with van der Waals surface area (Å²) < 4.78 is 1.92. The molecule has 0 spiro atoms. The molecule has 1 heterocycles. The second-order valence-corrected chi connectivity index (χ2v) is 4.57. The maximum atomic E-state index is 4.04. The molecule has 0 aliphatic carbocycles. The van der Waals surface area contributed by atoms with Gasteiger partial charge in [-0.25, -0.2) is 0 Å². The van der Waals surface area contributed by atoms with E-state index in [1.54, 1.807) is 0 Å². The molecule has 0 amide bonds. The van der Waals surface area contributed by atoms with Gasteiger partial charge < -0.3 is 0 Å². The van der Waals surface area contributed by atoms with Gasteiger partial charge in [-0.2, -0.15) is 0 Å². The second-order valence-electron chi connectivity index (χ2n) is 4.57. The SMILES string of the molecule is Cc1ccc(CCCCn2cc(C)nn2)cc1. The third kappa shape index (κ3) is 3.70. The Balaban J connectivity index is 1.71. The van der Waals surface area contributed by atoms with Gasteiger partial charge in [0.25, 0.3) is 0 Å². The van der Waals surface area contributed by atoms with Gasteiger partial charge in [-0.1, -0.05) is 35.0 Å². The van der Waals surface area contributed by atoms with Crippen LogP contribution in [-0.2, 0) is 13.0 Å². The minimum absolute atomic E-state index is 0.965. The highest BCUT2D eigenvalue weighted by molar-refractivity contribution is 5.21. The van der Waals surface area contributed by atoms with Crippen molar-refractivity contribution in [2.24, 2.45) is 0 Å². The maximum Gasteiger partial charge on any atom is 0.0796 e. The van der Waals surface area contributed by atoms with E-state index >= 15 is 0 Å². The van der Waals surface area contributed by atoms with Crippen molar-refractivity contribution in [3.05, 3.63) is 47.3 Å². The molecule has 0 aliphatic heterocycles. The fraction of sp³-hybridized carbons (Fsp3) is 0.429. The Bertz CT molecular complexity index is 457. The van der Waals surface area contributed by atoms with Crippen LogP contribution in [0.15, 0.2) is 30.5 Å². The molecule has 0 atom stereocenters. The molecule has 0 saturated heterocycles. The van der Waals surface area contributed by atoms with Gasteiger partial charge in [0.2, 0.25) is 0 Å².